The van der Waals surface area contributed by atoms with Crippen LogP contribution in [0.25, 0.3) is 0 Å². The van der Waals surface area contributed by atoms with Gasteiger partial charge in [0, 0.05) is 17.6 Å². The van der Waals surface area contributed by atoms with Gasteiger partial charge in [0.2, 0.25) is 0 Å². The molecule has 0 bridgehead atoms. The molecule has 1 nitrogen and oxygen atoms in total. The highest BCUT2D eigenvalue weighted by molar-refractivity contribution is 5.58. The first-order valence-electron chi connectivity index (χ1n) is 9.22. The van der Waals surface area contributed by atoms with Crippen molar-refractivity contribution in [2.45, 2.75) is 57.7 Å². The monoisotopic (exact) mass is 349 g/mol. The molecule has 1 aromatic rings. The number of hydrogen-bond acceptors (Lipinski definition) is 1. The number of nitrogens with one attached hydrogen (secondary N) is 1. The van der Waals surface area contributed by atoms with Crippen molar-refractivity contribution in [2.75, 3.05) is 5.32 Å². The van der Waals surface area contributed by atoms with Crippen molar-refractivity contribution in [3.05, 3.63) is 53.6 Å². The topological polar surface area (TPSA) is 12.0 Å². The molecule has 1 N–H and O–H groups in total. The molecule has 3 rings (SSSR count). The van der Waals surface area contributed by atoms with Gasteiger partial charge in [-0.15, -0.1) is 0 Å². The Balaban J connectivity index is 1.94. The fourth-order valence-electron chi connectivity index (χ4n) is 4.24. The van der Waals surface area contributed by atoms with E-state index in [1.165, 1.54) is 12.1 Å². The lowest BCUT2D eigenvalue weighted by Crippen LogP contribution is -2.42. The summed E-state index contributed by atoms with van der Waals surface area (Å²) in [6.07, 6.45) is 8.50. The third-order valence-corrected chi connectivity index (χ3v) is 5.66. The van der Waals surface area contributed by atoms with Gasteiger partial charge < -0.3 is 5.32 Å². The van der Waals surface area contributed by atoms with Crippen LogP contribution in [-0.2, 0) is 6.18 Å². The number of halogens is 3. The highest BCUT2D eigenvalue weighted by Crippen LogP contribution is 2.45. The number of allylic oxidation sites excluding steroid dienone is 3. The third-order valence-electron chi connectivity index (χ3n) is 5.66. The van der Waals surface area contributed by atoms with E-state index in [0.717, 1.165) is 36.9 Å². The van der Waals surface area contributed by atoms with Gasteiger partial charge in [0.15, 0.2) is 0 Å². The van der Waals surface area contributed by atoms with Crippen LogP contribution < -0.4 is 5.32 Å². The van der Waals surface area contributed by atoms with E-state index in [4.69, 9.17) is 0 Å². The van der Waals surface area contributed by atoms with Crippen molar-refractivity contribution in [1.29, 1.82) is 0 Å². The zero-order valence-corrected chi connectivity index (χ0v) is 14.8. The highest BCUT2D eigenvalue weighted by atomic mass is 19.4. The summed E-state index contributed by atoms with van der Waals surface area (Å²) in [4.78, 5) is 0. The molecule has 0 amide bonds. The van der Waals surface area contributed by atoms with Crippen molar-refractivity contribution in [3.63, 3.8) is 0 Å². The van der Waals surface area contributed by atoms with Crippen LogP contribution in [0.3, 0.4) is 0 Å². The van der Waals surface area contributed by atoms with Crippen LogP contribution in [0.1, 0.15) is 56.6 Å². The number of hydrogen-bond donors (Lipinski definition) is 1. The van der Waals surface area contributed by atoms with Gasteiger partial charge in [-0.25, -0.2) is 0 Å². The molecule has 4 atom stereocenters. The molecule has 4 heteroatoms. The molecule has 0 saturated heterocycles. The van der Waals surface area contributed by atoms with E-state index in [2.05, 4.69) is 43.5 Å². The smallest absolute Gasteiger partial charge is 0.381 e. The van der Waals surface area contributed by atoms with Crippen LogP contribution >= 0.6 is 0 Å². The lowest BCUT2D eigenvalue weighted by Gasteiger charge is -2.43. The van der Waals surface area contributed by atoms with Crippen LogP contribution in [0.4, 0.5) is 18.9 Å². The molecule has 0 saturated carbocycles. The van der Waals surface area contributed by atoms with Crippen LogP contribution in [0, 0.1) is 11.8 Å². The largest absolute Gasteiger partial charge is 0.416 e. The Morgan fingerprint density at radius 2 is 2.00 bits per heavy atom. The summed E-state index contributed by atoms with van der Waals surface area (Å²) in [5.74, 6) is 0.858. The SMILES string of the molecule is CCCC[C@@H]1C(C)c2cc(C(F)(F)F)ccc2N[C@H]1C1C=CC=CC1. The predicted octanol–water partition coefficient (Wildman–Crippen LogP) is 6.54. The number of alkyl halides is 3. The second-order valence-electron chi connectivity index (χ2n) is 7.28. The first-order chi connectivity index (χ1) is 11.9. The third kappa shape index (κ3) is 3.78. The van der Waals surface area contributed by atoms with Gasteiger partial charge in [-0.3, -0.25) is 0 Å². The van der Waals surface area contributed by atoms with Gasteiger partial charge in [-0.05, 0) is 48.4 Å². The van der Waals surface area contributed by atoms with E-state index in [9.17, 15) is 13.2 Å². The minimum absolute atomic E-state index is 0.120. The molecule has 0 spiro atoms. The Morgan fingerprint density at radius 1 is 1.20 bits per heavy atom. The molecule has 2 unspecified atom stereocenters. The number of benzene rings is 1. The molecular formula is C21H26F3N. The normalized spacial score (nSPS) is 28.5. The van der Waals surface area contributed by atoms with Gasteiger partial charge in [0.25, 0.3) is 0 Å². The lowest BCUT2D eigenvalue weighted by atomic mass is 9.70. The Kier molecular flexibility index (Phi) is 5.26. The molecule has 25 heavy (non-hydrogen) atoms. The zero-order valence-electron chi connectivity index (χ0n) is 14.8. The molecule has 1 heterocycles. The standard InChI is InChI=1S/C21H26F3N/c1-3-4-10-17-14(2)18-13-16(21(22,23)24)11-12-19(18)25-20(17)15-8-6-5-7-9-15/h5-8,11-15,17,20,25H,3-4,9-10H2,1-2H3/t14?,15?,17-,20+/m1/s1. The molecule has 0 aromatic heterocycles. The molecule has 2 aliphatic rings. The Bertz CT molecular complexity index is 660. The second kappa shape index (κ2) is 7.27. The van der Waals surface area contributed by atoms with E-state index >= 15 is 0 Å². The lowest BCUT2D eigenvalue weighted by molar-refractivity contribution is -0.137. The first kappa shape index (κ1) is 18.1. The maximum atomic E-state index is 13.1. The minimum atomic E-state index is -4.29. The van der Waals surface area contributed by atoms with Gasteiger partial charge in [-0.2, -0.15) is 13.2 Å². The summed E-state index contributed by atoms with van der Waals surface area (Å²) in [5, 5.41) is 3.58. The predicted molar refractivity (Wildman–Crippen MR) is 96.7 cm³/mol. The van der Waals surface area contributed by atoms with Crippen LogP contribution in [0.15, 0.2) is 42.5 Å². The summed E-state index contributed by atoms with van der Waals surface area (Å²) in [7, 11) is 0. The summed E-state index contributed by atoms with van der Waals surface area (Å²) in [6.45, 7) is 4.25. The average molecular weight is 349 g/mol. The van der Waals surface area contributed by atoms with Crippen LogP contribution in [-0.4, -0.2) is 6.04 Å². The van der Waals surface area contributed by atoms with Gasteiger partial charge in [-0.1, -0.05) is 51.0 Å². The van der Waals surface area contributed by atoms with Gasteiger partial charge in [0.05, 0.1) is 5.56 Å². The van der Waals surface area contributed by atoms with Gasteiger partial charge >= 0.3 is 6.18 Å². The van der Waals surface area contributed by atoms with E-state index in [1.807, 2.05) is 0 Å². The van der Waals surface area contributed by atoms with E-state index in [1.54, 1.807) is 6.07 Å². The Labute approximate surface area is 148 Å². The maximum Gasteiger partial charge on any atom is 0.416 e. The van der Waals surface area contributed by atoms with Crippen molar-refractivity contribution >= 4 is 5.69 Å². The minimum Gasteiger partial charge on any atom is -0.381 e. The van der Waals surface area contributed by atoms with Crippen molar-refractivity contribution in [3.8, 4) is 0 Å². The highest BCUT2D eigenvalue weighted by Gasteiger charge is 2.39. The van der Waals surface area contributed by atoms with E-state index in [0.29, 0.717) is 11.8 Å². The summed E-state index contributed by atoms with van der Waals surface area (Å²) in [6, 6.07) is 4.42. The summed E-state index contributed by atoms with van der Waals surface area (Å²) >= 11 is 0. The molecule has 1 aromatic carbocycles. The molecule has 1 aliphatic carbocycles. The number of fused-ring (bicyclic) bond motifs is 1. The van der Waals surface area contributed by atoms with Gasteiger partial charge in [0.1, 0.15) is 0 Å². The van der Waals surface area contributed by atoms with Crippen molar-refractivity contribution in [2.24, 2.45) is 11.8 Å². The van der Waals surface area contributed by atoms with Crippen molar-refractivity contribution < 1.29 is 13.2 Å². The van der Waals surface area contributed by atoms with Crippen LogP contribution in [0.2, 0.25) is 0 Å². The zero-order chi connectivity index (χ0) is 18.0. The molecule has 1 aliphatic heterocycles. The number of rotatable bonds is 4. The molecule has 0 fully saturated rings. The maximum absolute atomic E-state index is 13.1. The fourth-order valence-corrected chi connectivity index (χ4v) is 4.24. The second-order valence-corrected chi connectivity index (χ2v) is 7.28. The van der Waals surface area contributed by atoms with Crippen molar-refractivity contribution in [1.82, 2.24) is 0 Å². The average Bonchev–Trinajstić information content (AvgIpc) is 2.60. The Hall–Kier alpha value is -1.71. The number of unbranched alkanes of at least 4 members (excludes halogenated alkanes) is 1. The molecule has 0 radical (unpaired) electrons. The van der Waals surface area contributed by atoms with E-state index < -0.39 is 11.7 Å². The van der Waals surface area contributed by atoms with Crippen LogP contribution in [0.5, 0.6) is 0 Å². The van der Waals surface area contributed by atoms with E-state index in [-0.39, 0.29) is 12.0 Å². The summed E-state index contributed by atoms with van der Waals surface area (Å²) < 4.78 is 39.3. The first-order valence-corrected chi connectivity index (χ1v) is 9.22. The number of anilines is 1. The molecule has 136 valence electrons. The fraction of sp³-hybridized carbons (Fsp3) is 0.524. The molecular weight excluding hydrogens is 323 g/mol. The Morgan fingerprint density at radius 3 is 2.64 bits per heavy atom. The summed E-state index contributed by atoms with van der Waals surface area (Å²) in [5.41, 5.74) is 1.12. The quantitative estimate of drug-likeness (QED) is 0.650.